The second-order valence-corrected chi connectivity index (χ2v) is 4.04. The molecule has 3 heteroatoms. The van der Waals surface area contributed by atoms with E-state index in [1.807, 2.05) is 0 Å². The summed E-state index contributed by atoms with van der Waals surface area (Å²) >= 11 is 0. The topological polar surface area (TPSA) is 43.8 Å². The highest BCUT2D eigenvalue weighted by Crippen LogP contribution is 2.34. The van der Waals surface area contributed by atoms with Crippen LogP contribution in [0.3, 0.4) is 0 Å². The van der Waals surface area contributed by atoms with Gasteiger partial charge in [-0.1, -0.05) is 13.8 Å². The lowest BCUT2D eigenvalue weighted by molar-refractivity contribution is 0.282. The van der Waals surface area contributed by atoms with Gasteiger partial charge in [0.2, 0.25) is 0 Å². The molecule has 1 aliphatic carbocycles. The quantitative estimate of drug-likeness (QED) is 0.800. The molecule has 0 spiro atoms. The summed E-state index contributed by atoms with van der Waals surface area (Å²) in [6.45, 7) is 4.27. The molecule has 14 heavy (non-hydrogen) atoms. The van der Waals surface area contributed by atoms with Gasteiger partial charge in [0.25, 0.3) is 0 Å². The fourth-order valence-corrected chi connectivity index (χ4v) is 2.08. The number of rotatable bonds is 3. The minimum absolute atomic E-state index is 0.632. The number of aryl methyl sites for hydroxylation is 1. The lowest BCUT2D eigenvalue weighted by Gasteiger charge is -2.27. The number of nitrogens with two attached hydrogens (primary N) is 1. The Morgan fingerprint density at radius 2 is 2.07 bits per heavy atom. The van der Waals surface area contributed by atoms with Gasteiger partial charge in [-0.15, -0.1) is 0 Å². The van der Waals surface area contributed by atoms with Gasteiger partial charge < -0.3 is 5.73 Å². The fraction of sp³-hybridized carbons (Fsp3) is 0.727. The maximum absolute atomic E-state index is 6.06. The van der Waals surface area contributed by atoms with Crippen molar-refractivity contribution >= 4 is 5.69 Å². The average Bonchev–Trinajstić information content (AvgIpc) is 2.40. The molecular formula is C11H19N3. The number of anilines is 1. The van der Waals surface area contributed by atoms with E-state index in [9.17, 15) is 0 Å². The van der Waals surface area contributed by atoms with Crippen LogP contribution in [0.25, 0.3) is 0 Å². The summed E-state index contributed by atoms with van der Waals surface area (Å²) in [5.41, 5.74) is 9.31. The summed E-state index contributed by atoms with van der Waals surface area (Å²) in [5.74, 6) is 0. The van der Waals surface area contributed by atoms with Gasteiger partial charge in [-0.3, -0.25) is 4.68 Å². The molecule has 1 saturated carbocycles. The van der Waals surface area contributed by atoms with Crippen LogP contribution in [0.15, 0.2) is 0 Å². The summed E-state index contributed by atoms with van der Waals surface area (Å²) in [7, 11) is 0. The molecule has 0 saturated heterocycles. The van der Waals surface area contributed by atoms with Gasteiger partial charge in [0.15, 0.2) is 0 Å². The molecule has 1 fully saturated rings. The van der Waals surface area contributed by atoms with E-state index in [0.29, 0.717) is 6.04 Å². The summed E-state index contributed by atoms with van der Waals surface area (Å²) in [6.07, 6.45) is 5.83. The zero-order chi connectivity index (χ0) is 10.1. The lowest BCUT2D eigenvalue weighted by atomic mass is 9.93. The highest BCUT2D eigenvalue weighted by Gasteiger charge is 2.24. The molecule has 0 aromatic carbocycles. The molecule has 1 aliphatic rings. The monoisotopic (exact) mass is 193 g/mol. The van der Waals surface area contributed by atoms with Gasteiger partial charge in [0.1, 0.15) is 0 Å². The average molecular weight is 193 g/mol. The molecule has 2 N–H and O–H groups in total. The van der Waals surface area contributed by atoms with Crippen LogP contribution < -0.4 is 5.73 Å². The maximum atomic E-state index is 6.06. The Morgan fingerprint density at radius 3 is 2.50 bits per heavy atom. The van der Waals surface area contributed by atoms with Crippen molar-refractivity contribution in [1.29, 1.82) is 0 Å². The van der Waals surface area contributed by atoms with E-state index in [0.717, 1.165) is 24.2 Å². The van der Waals surface area contributed by atoms with Crippen molar-refractivity contribution in [1.82, 2.24) is 9.78 Å². The van der Waals surface area contributed by atoms with Crippen LogP contribution in [0, 0.1) is 0 Å². The molecule has 1 aromatic heterocycles. The molecule has 0 unspecified atom stereocenters. The Hall–Kier alpha value is -0.990. The van der Waals surface area contributed by atoms with E-state index < -0.39 is 0 Å². The van der Waals surface area contributed by atoms with Crippen molar-refractivity contribution in [3.05, 3.63) is 11.4 Å². The molecule has 0 amide bonds. The number of nitrogen functional groups attached to an aromatic ring is 1. The van der Waals surface area contributed by atoms with Crippen LogP contribution in [0.2, 0.25) is 0 Å². The largest absolute Gasteiger partial charge is 0.396 e. The first kappa shape index (κ1) is 9.56. The zero-order valence-corrected chi connectivity index (χ0v) is 9.08. The highest BCUT2D eigenvalue weighted by molar-refractivity contribution is 5.48. The van der Waals surface area contributed by atoms with Gasteiger partial charge in [0, 0.05) is 0 Å². The third-order valence-electron chi connectivity index (χ3n) is 3.22. The van der Waals surface area contributed by atoms with Crippen LogP contribution >= 0.6 is 0 Å². The van der Waals surface area contributed by atoms with Crippen LogP contribution in [0.1, 0.15) is 50.5 Å². The first-order valence-electron chi connectivity index (χ1n) is 5.63. The molecule has 0 bridgehead atoms. The van der Waals surface area contributed by atoms with Crippen LogP contribution in [-0.2, 0) is 12.8 Å². The Bertz CT molecular complexity index is 324. The molecule has 3 nitrogen and oxygen atoms in total. The Kier molecular flexibility index (Phi) is 2.48. The predicted octanol–water partition coefficient (Wildman–Crippen LogP) is 2.32. The van der Waals surface area contributed by atoms with Crippen molar-refractivity contribution in [2.24, 2.45) is 0 Å². The summed E-state index contributed by atoms with van der Waals surface area (Å²) in [5, 5.41) is 4.61. The second-order valence-electron chi connectivity index (χ2n) is 4.04. The number of hydrogen-bond acceptors (Lipinski definition) is 2. The van der Waals surface area contributed by atoms with Crippen molar-refractivity contribution < 1.29 is 0 Å². The Morgan fingerprint density at radius 1 is 1.36 bits per heavy atom. The van der Waals surface area contributed by atoms with Gasteiger partial charge >= 0.3 is 0 Å². The van der Waals surface area contributed by atoms with Crippen molar-refractivity contribution in [3.8, 4) is 0 Å². The minimum Gasteiger partial charge on any atom is -0.396 e. The lowest BCUT2D eigenvalue weighted by Crippen LogP contribution is -2.20. The first-order valence-corrected chi connectivity index (χ1v) is 5.63. The van der Waals surface area contributed by atoms with Gasteiger partial charge in [0.05, 0.1) is 23.1 Å². The van der Waals surface area contributed by atoms with E-state index in [4.69, 9.17) is 5.73 Å². The first-order chi connectivity index (χ1) is 6.77. The molecule has 1 aromatic rings. The van der Waals surface area contributed by atoms with E-state index in [-0.39, 0.29) is 0 Å². The van der Waals surface area contributed by atoms with E-state index >= 15 is 0 Å². The predicted molar refractivity (Wildman–Crippen MR) is 58.3 cm³/mol. The third kappa shape index (κ3) is 1.31. The molecule has 1 heterocycles. The van der Waals surface area contributed by atoms with Crippen LogP contribution in [-0.4, -0.2) is 9.78 Å². The smallest absolute Gasteiger partial charge is 0.0854 e. The summed E-state index contributed by atoms with van der Waals surface area (Å²) in [6, 6.07) is 0.632. The van der Waals surface area contributed by atoms with Crippen molar-refractivity contribution in [3.63, 3.8) is 0 Å². The summed E-state index contributed by atoms with van der Waals surface area (Å²) < 4.78 is 2.18. The highest BCUT2D eigenvalue weighted by atomic mass is 15.3. The van der Waals surface area contributed by atoms with Crippen molar-refractivity contribution in [2.45, 2.75) is 52.0 Å². The molecule has 0 atom stereocenters. The Balaban J connectivity index is 2.36. The molecule has 0 aliphatic heterocycles. The zero-order valence-electron chi connectivity index (χ0n) is 9.08. The van der Waals surface area contributed by atoms with E-state index in [1.165, 1.54) is 25.0 Å². The van der Waals surface area contributed by atoms with E-state index in [2.05, 4.69) is 23.6 Å². The summed E-state index contributed by atoms with van der Waals surface area (Å²) in [4.78, 5) is 0. The van der Waals surface area contributed by atoms with E-state index in [1.54, 1.807) is 0 Å². The number of hydrogen-bond donors (Lipinski definition) is 1. The molecule has 0 radical (unpaired) electrons. The van der Waals surface area contributed by atoms with Crippen LogP contribution in [0.5, 0.6) is 0 Å². The maximum Gasteiger partial charge on any atom is 0.0854 e. The third-order valence-corrected chi connectivity index (χ3v) is 3.22. The fourth-order valence-electron chi connectivity index (χ4n) is 2.08. The SMILES string of the molecule is CCc1nn(C2CCC2)c(CC)c1N. The minimum atomic E-state index is 0.632. The molecular weight excluding hydrogens is 174 g/mol. The van der Waals surface area contributed by atoms with Gasteiger partial charge in [-0.05, 0) is 32.1 Å². The second kappa shape index (κ2) is 3.64. The van der Waals surface area contributed by atoms with Crippen LogP contribution in [0.4, 0.5) is 5.69 Å². The van der Waals surface area contributed by atoms with Gasteiger partial charge in [-0.25, -0.2) is 0 Å². The normalized spacial score (nSPS) is 17.0. The molecule has 78 valence electrons. The van der Waals surface area contributed by atoms with Crippen molar-refractivity contribution in [2.75, 3.05) is 5.73 Å². The number of nitrogens with zero attached hydrogens (tertiary/aromatic N) is 2. The Labute approximate surface area is 85.3 Å². The number of aromatic nitrogens is 2. The van der Waals surface area contributed by atoms with Gasteiger partial charge in [-0.2, -0.15) is 5.10 Å². The molecule has 2 rings (SSSR count). The standard InChI is InChI=1S/C11H19N3/c1-3-9-11(12)10(4-2)14(13-9)8-6-5-7-8/h8H,3-7,12H2,1-2H3.